The molecule has 0 spiro atoms. The topological polar surface area (TPSA) is 30.5 Å². The van der Waals surface area contributed by atoms with Gasteiger partial charge in [-0.3, -0.25) is 4.90 Å². The van der Waals surface area contributed by atoms with Crippen LogP contribution in [0.2, 0.25) is 0 Å². The summed E-state index contributed by atoms with van der Waals surface area (Å²) in [6.07, 6.45) is 1.35. The molecule has 0 aromatic rings. The van der Waals surface area contributed by atoms with Crippen molar-refractivity contribution in [2.45, 2.75) is 24.5 Å². The van der Waals surface area contributed by atoms with Crippen LogP contribution in [-0.2, 0) is 0 Å². The molecule has 18 heavy (non-hydrogen) atoms. The monoisotopic (exact) mass is 250 g/mol. The number of hydrogen-bond acceptors (Lipinski definition) is 4. The molecule has 0 radical (unpaired) electrons. The van der Waals surface area contributed by atoms with Crippen LogP contribution in [0.3, 0.4) is 0 Å². The lowest BCUT2D eigenvalue weighted by atomic mass is 9.70. The van der Waals surface area contributed by atoms with Crippen LogP contribution in [0, 0.1) is 17.8 Å². The number of rotatable bonds is 1. The molecular formula is C14H26N4. The first kappa shape index (κ1) is 11.6. The Morgan fingerprint density at radius 1 is 0.944 bits per heavy atom. The summed E-state index contributed by atoms with van der Waals surface area (Å²) in [4.78, 5) is 5.34. The zero-order chi connectivity index (χ0) is 12.3. The summed E-state index contributed by atoms with van der Waals surface area (Å²) >= 11 is 0. The van der Waals surface area contributed by atoms with Gasteiger partial charge in [-0.25, -0.2) is 0 Å². The van der Waals surface area contributed by atoms with Crippen LogP contribution in [-0.4, -0.2) is 74.7 Å². The fraction of sp³-hybridized carbons (Fsp3) is 1.00. The molecule has 4 aliphatic heterocycles. The van der Waals surface area contributed by atoms with E-state index in [-0.39, 0.29) is 0 Å². The number of hydrogen-bond donors (Lipinski definition) is 2. The number of nitrogens with one attached hydrogen (secondary N) is 2. The third-order valence-electron chi connectivity index (χ3n) is 6.14. The molecule has 0 aromatic heterocycles. The van der Waals surface area contributed by atoms with E-state index in [1.807, 2.05) is 0 Å². The average molecular weight is 250 g/mol. The second-order valence-corrected chi connectivity index (χ2v) is 6.89. The Morgan fingerprint density at radius 3 is 2.67 bits per heavy atom. The van der Waals surface area contributed by atoms with Crippen molar-refractivity contribution in [3.05, 3.63) is 0 Å². The average Bonchev–Trinajstić information content (AvgIpc) is 2.92. The Balaban J connectivity index is 1.55. The zero-order valence-corrected chi connectivity index (χ0v) is 11.6. The second kappa shape index (κ2) is 4.17. The summed E-state index contributed by atoms with van der Waals surface area (Å²) in [6.45, 7) is 6.25. The Hall–Kier alpha value is -0.160. The fourth-order valence-electron chi connectivity index (χ4n) is 5.32. The van der Waals surface area contributed by atoms with Crippen molar-refractivity contribution in [1.82, 2.24) is 20.4 Å². The van der Waals surface area contributed by atoms with Gasteiger partial charge in [-0.15, -0.1) is 0 Å². The first-order chi connectivity index (χ1) is 8.77. The van der Waals surface area contributed by atoms with Crippen molar-refractivity contribution in [2.24, 2.45) is 17.8 Å². The summed E-state index contributed by atoms with van der Waals surface area (Å²) in [6, 6.07) is 2.44. The number of likely N-dealkylation sites (N-methyl/N-ethyl adjacent to an activating group) is 2. The van der Waals surface area contributed by atoms with Crippen LogP contribution in [0.15, 0.2) is 0 Å². The number of piperidine rings is 1. The van der Waals surface area contributed by atoms with Gasteiger partial charge in [0.05, 0.1) is 0 Å². The molecule has 4 heteroatoms. The van der Waals surface area contributed by atoms with Gasteiger partial charge in [0, 0.05) is 37.1 Å². The van der Waals surface area contributed by atoms with Crippen molar-refractivity contribution < 1.29 is 0 Å². The molecule has 6 atom stereocenters. The molecular weight excluding hydrogens is 224 g/mol. The van der Waals surface area contributed by atoms with Crippen molar-refractivity contribution in [2.75, 3.05) is 46.8 Å². The Kier molecular flexibility index (Phi) is 2.70. The molecule has 4 fully saturated rings. The molecule has 2 N–H and O–H groups in total. The molecule has 102 valence electrons. The summed E-state index contributed by atoms with van der Waals surface area (Å²) in [7, 11) is 4.71. The van der Waals surface area contributed by atoms with Gasteiger partial charge in [0.1, 0.15) is 0 Å². The van der Waals surface area contributed by atoms with E-state index >= 15 is 0 Å². The highest BCUT2D eigenvalue weighted by molar-refractivity contribution is 5.12. The molecule has 4 heterocycles. The van der Waals surface area contributed by atoms with Crippen LogP contribution in [0.1, 0.15) is 6.42 Å². The lowest BCUT2D eigenvalue weighted by molar-refractivity contribution is -0.0903. The molecule has 6 unspecified atom stereocenters. The highest BCUT2D eigenvalue weighted by Crippen LogP contribution is 2.44. The lowest BCUT2D eigenvalue weighted by Crippen LogP contribution is -2.73. The van der Waals surface area contributed by atoms with Crippen LogP contribution in [0.4, 0.5) is 0 Å². The predicted octanol–water partition coefficient (Wildman–Crippen LogP) is -0.572. The van der Waals surface area contributed by atoms with E-state index in [1.165, 1.54) is 39.1 Å². The van der Waals surface area contributed by atoms with Gasteiger partial charge in [0.2, 0.25) is 0 Å². The van der Waals surface area contributed by atoms with Gasteiger partial charge in [-0.05, 0) is 52.0 Å². The van der Waals surface area contributed by atoms with Crippen molar-refractivity contribution >= 4 is 0 Å². The largest absolute Gasteiger partial charge is 0.316 e. The molecule has 0 bridgehead atoms. The van der Waals surface area contributed by atoms with Gasteiger partial charge in [0.25, 0.3) is 0 Å². The van der Waals surface area contributed by atoms with Gasteiger partial charge >= 0.3 is 0 Å². The summed E-state index contributed by atoms with van der Waals surface area (Å²) in [5.41, 5.74) is 0. The van der Waals surface area contributed by atoms with E-state index in [2.05, 4.69) is 34.5 Å². The van der Waals surface area contributed by atoms with Crippen LogP contribution < -0.4 is 10.6 Å². The van der Waals surface area contributed by atoms with Gasteiger partial charge in [-0.2, -0.15) is 0 Å². The minimum absolute atomic E-state index is 0.788. The minimum Gasteiger partial charge on any atom is -0.316 e. The van der Waals surface area contributed by atoms with E-state index in [1.54, 1.807) is 0 Å². The van der Waals surface area contributed by atoms with E-state index in [4.69, 9.17) is 0 Å². The SMILES string of the molecule is CN1CC2CNCC2C1C1C2CNCCC2N1C. The van der Waals surface area contributed by atoms with Crippen LogP contribution >= 0.6 is 0 Å². The molecule has 4 saturated heterocycles. The number of nitrogens with zero attached hydrogens (tertiary/aromatic N) is 2. The van der Waals surface area contributed by atoms with E-state index in [9.17, 15) is 0 Å². The second-order valence-electron chi connectivity index (χ2n) is 6.89. The molecule has 0 aliphatic carbocycles. The van der Waals surface area contributed by atoms with E-state index < -0.39 is 0 Å². The molecule has 4 rings (SSSR count). The Bertz CT molecular complexity index is 334. The third kappa shape index (κ3) is 1.46. The fourth-order valence-corrected chi connectivity index (χ4v) is 5.32. The van der Waals surface area contributed by atoms with Crippen molar-refractivity contribution in [1.29, 1.82) is 0 Å². The molecule has 4 nitrogen and oxygen atoms in total. The molecule has 0 aromatic carbocycles. The normalized spacial score (nSPS) is 53.0. The highest BCUT2D eigenvalue weighted by Gasteiger charge is 2.56. The maximum absolute atomic E-state index is 3.60. The smallest absolute Gasteiger partial charge is 0.0310 e. The van der Waals surface area contributed by atoms with Crippen molar-refractivity contribution in [3.8, 4) is 0 Å². The number of fused-ring (bicyclic) bond motifs is 2. The first-order valence-corrected chi connectivity index (χ1v) is 7.61. The highest BCUT2D eigenvalue weighted by atomic mass is 15.3. The third-order valence-corrected chi connectivity index (χ3v) is 6.14. The Morgan fingerprint density at radius 2 is 1.78 bits per heavy atom. The quantitative estimate of drug-likeness (QED) is 0.652. The van der Waals surface area contributed by atoms with Crippen molar-refractivity contribution in [3.63, 3.8) is 0 Å². The summed E-state index contributed by atoms with van der Waals surface area (Å²) in [5.74, 6) is 2.70. The van der Waals surface area contributed by atoms with E-state index in [0.717, 1.165) is 35.9 Å². The minimum atomic E-state index is 0.788. The van der Waals surface area contributed by atoms with Crippen LogP contribution in [0.5, 0.6) is 0 Å². The van der Waals surface area contributed by atoms with E-state index in [0.29, 0.717) is 0 Å². The van der Waals surface area contributed by atoms with Crippen LogP contribution in [0.25, 0.3) is 0 Å². The van der Waals surface area contributed by atoms with Gasteiger partial charge in [0.15, 0.2) is 0 Å². The zero-order valence-electron chi connectivity index (χ0n) is 11.6. The maximum atomic E-state index is 3.60. The molecule has 0 amide bonds. The maximum Gasteiger partial charge on any atom is 0.0310 e. The van der Waals surface area contributed by atoms with Gasteiger partial charge in [-0.1, -0.05) is 0 Å². The first-order valence-electron chi connectivity index (χ1n) is 7.61. The lowest BCUT2D eigenvalue weighted by Gasteiger charge is -2.59. The summed E-state index contributed by atoms with van der Waals surface area (Å²) < 4.78 is 0. The predicted molar refractivity (Wildman–Crippen MR) is 72.6 cm³/mol. The molecule has 0 saturated carbocycles. The van der Waals surface area contributed by atoms with Gasteiger partial charge < -0.3 is 15.5 Å². The summed E-state index contributed by atoms with van der Waals surface area (Å²) in [5, 5.41) is 7.21. The standard InChI is InChI=1S/C14H26N4/c1-17-8-9-5-16-6-10(9)13(17)14-11-7-15-4-3-12(11)18(14)2/h9-16H,3-8H2,1-2H3. The number of likely N-dealkylation sites (tertiary alicyclic amines) is 2. The Labute approximate surface area is 110 Å². The molecule has 4 aliphatic rings.